The first kappa shape index (κ1) is 25.6. The van der Waals surface area contributed by atoms with E-state index >= 15 is 0 Å². The molecule has 0 aliphatic heterocycles. The molecule has 0 N–H and O–H groups in total. The molecule has 33 heavy (non-hydrogen) atoms. The van der Waals surface area contributed by atoms with Crippen molar-refractivity contribution in [3.63, 3.8) is 0 Å². The summed E-state index contributed by atoms with van der Waals surface area (Å²) in [7, 11) is -1.88. The third kappa shape index (κ3) is 6.11. The van der Waals surface area contributed by atoms with E-state index in [0.29, 0.717) is 18.1 Å². The summed E-state index contributed by atoms with van der Waals surface area (Å²) in [6.07, 6.45) is 9.37. The van der Waals surface area contributed by atoms with Gasteiger partial charge < -0.3 is 24.0 Å². The van der Waals surface area contributed by atoms with Gasteiger partial charge in [0.15, 0.2) is 5.78 Å². The third-order valence-corrected chi connectivity index (χ3v) is 10.5. The lowest BCUT2D eigenvalue weighted by molar-refractivity contribution is -0.115. The number of allylic oxidation sites excluding steroid dienone is 3. The summed E-state index contributed by atoms with van der Waals surface area (Å²) in [6.45, 7) is 2.12. The molecule has 0 spiro atoms. The van der Waals surface area contributed by atoms with Crippen LogP contribution in [0.1, 0.15) is 39.0 Å². The maximum Gasteiger partial charge on any atom is 0.155 e. The molecule has 0 bridgehead atoms. The number of hydrogen-bond acceptors (Lipinski definition) is 1. The van der Waals surface area contributed by atoms with Gasteiger partial charge in [0.05, 0.1) is 5.82 Å². The van der Waals surface area contributed by atoms with Crippen molar-refractivity contribution >= 4 is 29.0 Å². The second-order valence-electron chi connectivity index (χ2n) is 8.64. The predicted octanol–water partition coefficient (Wildman–Crippen LogP) is 3.59. The Morgan fingerprint density at radius 2 is 1.30 bits per heavy atom. The van der Waals surface area contributed by atoms with Gasteiger partial charge in [-0.25, -0.2) is 0 Å². The molecule has 0 amide bonds. The summed E-state index contributed by atoms with van der Waals surface area (Å²) < 4.78 is 0. The van der Waals surface area contributed by atoms with Gasteiger partial charge in [-0.2, -0.15) is 0 Å². The zero-order valence-corrected chi connectivity index (χ0v) is 22.3. The number of unbranched alkanes of at least 4 members (excludes halogenated alkanes) is 1. The van der Waals surface area contributed by atoms with E-state index in [4.69, 9.17) is 0 Å². The highest BCUT2D eigenvalue weighted by Gasteiger charge is 2.42. The van der Waals surface area contributed by atoms with E-state index < -0.39 is 7.26 Å². The van der Waals surface area contributed by atoms with Crippen LogP contribution in [0.15, 0.2) is 115 Å². The maximum atomic E-state index is 11.6. The molecule has 4 rings (SSSR count). The molecular weight excluding hydrogens is 534 g/mol. The monoisotopic (exact) mass is 566 g/mol. The SMILES string of the molecule is CC1=CC(=O)CCC1CCCC=C[P+](c1ccccc1)(c1ccccc1)c1ccccc1.[I-]. The first-order valence-electron chi connectivity index (χ1n) is 11.6. The van der Waals surface area contributed by atoms with Crippen LogP contribution in [0.25, 0.3) is 0 Å². The fraction of sp³-hybridized carbons (Fsp3) is 0.233. The minimum Gasteiger partial charge on any atom is -1.00 e. The third-order valence-electron chi connectivity index (χ3n) is 6.51. The Balaban J connectivity index is 0.00000306. The van der Waals surface area contributed by atoms with Crippen LogP contribution in [0.5, 0.6) is 0 Å². The topological polar surface area (TPSA) is 17.1 Å². The number of halogens is 1. The van der Waals surface area contributed by atoms with Crippen molar-refractivity contribution in [3.05, 3.63) is 115 Å². The van der Waals surface area contributed by atoms with Gasteiger partial charge in [0.25, 0.3) is 0 Å². The van der Waals surface area contributed by atoms with Gasteiger partial charge in [0.1, 0.15) is 23.2 Å². The van der Waals surface area contributed by atoms with Crippen molar-refractivity contribution in [1.82, 2.24) is 0 Å². The lowest BCUT2D eigenvalue weighted by Crippen LogP contribution is -3.00. The molecule has 0 heterocycles. The molecular formula is C30H32IOP. The quantitative estimate of drug-likeness (QED) is 0.232. The largest absolute Gasteiger partial charge is 1.00 e. The molecule has 1 aliphatic rings. The molecule has 0 saturated carbocycles. The average Bonchev–Trinajstić information content (AvgIpc) is 2.84. The van der Waals surface area contributed by atoms with Crippen LogP contribution >= 0.6 is 7.26 Å². The summed E-state index contributed by atoms with van der Waals surface area (Å²) in [6, 6.07) is 32.9. The molecule has 0 aromatic heterocycles. The molecule has 0 radical (unpaired) electrons. The van der Waals surface area contributed by atoms with E-state index in [2.05, 4.69) is 110 Å². The smallest absolute Gasteiger partial charge is 0.155 e. The highest BCUT2D eigenvalue weighted by molar-refractivity contribution is 7.98. The molecule has 1 nitrogen and oxygen atoms in total. The zero-order valence-electron chi connectivity index (χ0n) is 19.2. The van der Waals surface area contributed by atoms with Gasteiger partial charge in [-0.3, -0.25) is 4.79 Å². The zero-order chi connectivity index (χ0) is 22.2. The van der Waals surface area contributed by atoms with E-state index in [1.165, 1.54) is 21.5 Å². The van der Waals surface area contributed by atoms with Crippen molar-refractivity contribution in [2.24, 2.45) is 5.92 Å². The van der Waals surface area contributed by atoms with Gasteiger partial charge in [0, 0.05) is 6.42 Å². The van der Waals surface area contributed by atoms with Gasteiger partial charge in [-0.15, -0.1) is 0 Å². The minimum atomic E-state index is -1.88. The van der Waals surface area contributed by atoms with Crippen molar-refractivity contribution in [1.29, 1.82) is 0 Å². The van der Waals surface area contributed by atoms with Crippen molar-refractivity contribution in [2.45, 2.75) is 39.0 Å². The summed E-state index contributed by atoms with van der Waals surface area (Å²) >= 11 is 0. The Bertz CT molecular complexity index is 977. The minimum absolute atomic E-state index is 0. The lowest BCUT2D eigenvalue weighted by Gasteiger charge is -2.24. The molecule has 1 aliphatic carbocycles. The van der Waals surface area contributed by atoms with Gasteiger partial charge in [0.2, 0.25) is 0 Å². The van der Waals surface area contributed by atoms with E-state index in [0.717, 1.165) is 25.7 Å². The average molecular weight is 566 g/mol. The van der Waals surface area contributed by atoms with Gasteiger partial charge in [-0.05, 0) is 87.1 Å². The fourth-order valence-electron chi connectivity index (χ4n) is 4.77. The molecule has 170 valence electrons. The Morgan fingerprint density at radius 1 is 0.818 bits per heavy atom. The summed E-state index contributed by atoms with van der Waals surface area (Å²) in [5.74, 6) is 3.37. The van der Waals surface area contributed by atoms with Crippen LogP contribution in [0.4, 0.5) is 0 Å². The van der Waals surface area contributed by atoms with Crippen LogP contribution in [-0.4, -0.2) is 5.78 Å². The van der Waals surface area contributed by atoms with Crippen LogP contribution in [0.3, 0.4) is 0 Å². The molecule has 0 fully saturated rings. The summed E-state index contributed by atoms with van der Waals surface area (Å²) in [5, 5.41) is 4.16. The van der Waals surface area contributed by atoms with Crippen LogP contribution in [-0.2, 0) is 4.79 Å². The van der Waals surface area contributed by atoms with Crippen LogP contribution in [0.2, 0.25) is 0 Å². The summed E-state index contributed by atoms with van der Waals surface area (Å²) in [5.41, 5.74) is 1.27. The standard InChI is InChI=1S/C30H32OP.HI/c1-25-24-27(31)22-21-26(25)14-6-5-13-23-32(28-15-7-2-8-16-28,29-17-9-3-10-18-29)30-19-11-4-12-20-30;/h2-4,7-13,15-20,23-24,26H,5-6,14,21-22H2,1H3;1H/q+1;/p-1. The first-order chi connectivity index (χ1) is 15.7. The molecule has 3 heteroatoms. The first-order valence-corrected chi connectivity index (χ1v) is 13.5. The highest BCUT2D eigenvalue weighted by Crippen LogP contribution is 2.56. The van der Waals surface area contributed by atoms with Crippen LogP contribution in [0, 0.1) is 5.92 Å². The second-order valence-corrected chi connectivity index (χ2v) is 11.9. The van der Waals surface area contributed by atoms with Crippen LogP contribution < -0.4 is 39.9 Å². The lowest BCUT2D eigenvalue weighted by atomic mass is 9.84. The fourth-order valence-corrected chi connectivity index (χ4v) is 8.57. The van der Waals surface area contributed by atoms with Gasteiger partial charge in [-0.1, -0.05) is 60.2 Å². The Kier molecular flexibility index (Phi) is 9.64. The van der Waals surface area contributed by atoms with Crippen molar-refractivity contribution < 1.29 is 28.8 Å². The maximum absolute atomic E-state index is 11.6. The number of carbonyl (C=O) groups excluding carboxylic acids is 1. The highest BCUT2D eigenvalue weighted by atomic mass is 127. The van der Waals surface area contributed by atoms with Gasteiger partial charge >= 0.3 is 0 Å². The molecule has 3 aromatic carbocycles. The van der Waals surface area contributed by atoms with E-state index in [-0.39, 0.29) is 24.0 Å². The number of benzene rings is 3. The number of hydrogen-bond donors (Lipinski definition) is 0. The summed E-state index contributed by atoms with van der Waals surface area (Å²) in [4.78, 5) is 11.6. The number of carbonyl (C=O) groups is 1. The molecule has 0 saturated heterocycles. The van der Waals surface area contributed by atoms with Crippen molar-refractivity contribution in [2.75, 3.05) is 0 Å². The Labute approximate surface area is 216 Å². The molecule has 3 aromatic rings. The predicted molar refractivity (Wildman–Crippen MR) is 140 cm³/mol. The van der Waals surface area contributed by atoms with E-state index in [9.17, 15) is 4.79 Å². The number of rotatable bonds is 8. The Morgan fingerprint density at radius 3 is 1.76 bits per heavy atom. The normalized spacial score (nSPS) is 16.3. The van der Waals surface area contributed by atoms with Crippen molar-refractivity contribution in [3.8, 4) is 0 Å². The molecule has 1 atom stereocenters. The number of ketones is 1. The van der Waals surface area contributed by atoms with E-state index in [1.807, 2.05) is 6.08 Å². The Hall–Kier alpha value is -2.03. The second kappa shape index (κ2) is 12.4. The molecule has 1 unspecified atom stereocenters. The van der Waals surface area contributed by atoms with E-state index in [1.54, 1.807) is 0 Å².